The van der Waals surface area contributed by atoms with Gasteiger partial charge in [-0.15, -0.1) is 0 Å². The van der Waals surface area contributed by atoms with E-state index in [-0.39, 0.29) is 11.7 Å². The van der Waals surface area contributed by atoms with Gasteiger partial charge in [0.2, 0.25) is 5.69 Å². The molecule has 0 radical (unpaired) electrons. The number of carbonyl (C=O) groups excluding carboxylic acids is 1. The third-order valence-corrected chi connectivity index (χ3v) is 6.40. The molecule has 1 aliphatic rings. The lowest BCUT2D eigenvalue weighted by atomic mass is 9.94. The Hall–Kier alpha value is -3.55. The van der Waals surface area contributed by atoms with Crippen LogP contribution < -0.4 is 11.2 Å². The van der Waals surface area contributed by atoms with Gasteiger partial charge in [0.15, 0.2) is 0 Å². The van der Waals surface area contributed by atoms with Gasteiger partial charge in [0.05, 0.1) is 6.04 Å². The molecule has 1 fully saturated rings. The fourth-order valence-corrected chi connectivity index (χ4v) is 4.43. The Morgan fingerprint density at radius 3 is 2.33 bits per heavy atom. The van der Waals surface area contributed by atoms with Crippen molar-refractivity contribution in [2.75, 3.05) is 7.05 Å². The Kier molecular flexibility index (Phi) is 6.53. The molecule has 0 spiro atoms. The van der Waals surface area contributed by atoms with Crippen molar-refractivity contribution in [1.82, 2.24) is 19.2 Å². The molecule has 1 unspecified atom stereocenters. The fraction of sp³-hybridized carbons (Fsp3) is 0.360. The first-order valence-corrected chi connectivity index (χ1v) is 11.2. The van der Waals surface area contributed by atoms with Crippen molar-refractivity contribution in [2.24, 2.45) is 0 Å². The average Bonchev–Trinajstić information content (AvgIpc) is 2.85. The second-order valence-corrected chi connectivity index (χ2v) is 8.46. The molecule has 33 heavy (non-hydrogen) atoms. The summed E-state index contributed by atoms with van der Waals surface area (Å²) in [7, 11) is 1.66. The summed E-state index contributed by atoms with van der Waals surface area (Å²) in [6, 6.07) is 14.0. The van der Waals surface area contributed by atoms with Gasteiger partial charge in [-0.3, -0.25) is 9.59 Å². The summed E-state index contributed by atoms with van der Waals surface area (Å²) in [5.41, 5.74) is -1.39. The molecule has 3 aromatic rings. The first kappa shape index (κ1) is 22.6. The first-order chi connectivity index (χ1) is 15.9. The van der Waals surface area contributed by atoms with Crippen molar-refractivity contribution < 1.29 is 9.18 Å². The maximum atomic E-state index is 14.6. The van der Waals surface area contributed by atoms with E-state index in [0.717, 1.165) is 41.4 Å². The van der Waals surface area contributed by atoms with Crippen LogP contribution in [0.4, 0.5) is 4.39 Å². The third-order valence-electron chi connectivity index (χ3n) is 6.40. The number of benzene rings is 2. The smallest absolute Gasteiger partial charge is 0.337 e. The summed E-state index contributed by atoms with van der Waals surface area (Å²) >= 11 is 0. The number of amides is 1. The van der Waals surface area contributed by atoms with Gasteiger partial charge in [0, 0.05) is 13.1 Å². The molecule has 0 N–H and O–H groups in total. The van der Waals surface area contributed by atoms with E-state index < -0.39 is 34.7 Å². The van der Waals surface area contributed by atoms with Crippen molar-refractivity contribution in [3.05, 3.63) is 92.5 Å². The minimum atomic E-state index is -0.807. The number of carbonyl (C=O) groups is 1. The number of hydrogen-bond donors (Lipinski definition) is 0. The molecule has 4 rings (SSSR count). The summed E-state index contributed by atoms with van der Waals surface area (Å²) in [6.07, 6.45) is 4.85. The Labute approximate surface area is 191 Å². The second-order valence-electron chi connectivity index (χ2n) is 8.46. The molecule has 1 aliphatic carbocycles. The minimum Gasteiger partial charge on any atom is -0.337 e. The van der Waals surface area contributed by atoms with Crippen LogP contribution in [-0.2, 0) is 0 Å². The highest BCUT2D eigenvalue weighted by Gasteiger charge is 2.29. The van der Waals surface area contributed by atoms with Crippen molar-refractivity contribution in [2.45, 2.75) is 51.1 Å². The van der Waals surface area contributed by atoms with Gasteiger partial charge in [-0.1, -0.05) is 61.7 Å². The van der Waals surface area contributed by atoms with E-state index in [2.05, 4.69) is 5.10 Å². The van der Waals surface area contributed by atoms with Crippen LogP contribution in [0, 0.1) is 5.82 Å². The predicted octanol–water partition coefficient (Wildman–Crippen LogP) is 3.55. The molecule has 2 aromatic carbocycles. The quantitative estimate of drug-likeness (QED) is 0.596. The number of nitrogens with zero attached hydrogens (tertiary/aromatic N) is 4. The number of hydrogen-bond acceptors (Lipinski definition) is 4. The number of halogens is 1. The Bertz CT molecular complexity index is 1260. The molecule has 172 valence electrons. The van der Waals surface area contributed by atoms with Crippen LogP contribution in [0.15, 0.2) is 64.2 Å². The molecule has 8 heteroatoms. The van der Waals surface area contributed by atoms with Crippen LogP contribution >= 0.6 is 0 Å². The van der Waals surface area contributed by atoms with Crippen LogP contribution in [0.25, 0.3) is 5.69 Å². The Morgan fingerprint density at radius 2 is 1.67 bits per heavy atom. The molecule has 0 saturated heterocycles. The van der Waals surface area contributed by atoms with E-state index in [4.69, 9.17) is 0 Å². The van der Waals surface area contributed by atoms with Gasteiger partial charge in [-0.25, -0.2) is 13.8 Å². The zero-order valence-corrected chi connectivity index (χ0v) is 18.8. The Balaban J connectivity index is 1.90. The number of para-hydroxylation sites is 1. The van der Waals surface area contributed by atoms with Crippen LogP contribution in [0.3, 0.4) is 0 Å². The van der Waals surface area contributed by atoms with E-state index in [0.29, 0.717) is 5.56 Å². The van der Waals surface area contributed by atoms with E-state index in [1.807, 2.05) is 6.07 Å². The van der Waals surface area contributed by atoms with Crippen LogP contribution in [0.2, 0.25) is 0 Å². The van der Waals surface area contributed by atoms with Crippen molar-refractivity contribution >= 4 is 5.91 Å². The summed E-state index contributed by atoms with van der Waals surface area (Å²) < 4.78 is 16.4. The van der Waals surface area contributed by atoms with Crippen LogP contribution in [-0.4, -0.2) is 38.2 Å². The number of rotatable bonds is 5. The molecule has 1 saturated carbocycles. The SMILES string of the molecule is CC(c1ccccc1)n1c(=O)c(C(=O)N(C)C2CCCCC2)nn(-c2ccccc2F)c1=O. The van der Waals surface area contributed by atoms with Crippen LogP contribution in [0.5, 0.6) is 0 Å². The summed E-state index contributed by atoms with van der Waals surface area (Å²) in [5.74, 6) is -1.24. The molecule has 1 atom stereocenters. The van der Waals surface area contributed by atoms with E-state index >= 15 is 0 Å². The lowest BCUT2D eigenvalue weighted by Crippen LogP contribution is -2.49. The van der Waals surface area contributed by atoms with Crippen molar-refractivity contribution in [1.29, 1.82) is 0 Å². The monoisotopic (exact) mass is 450 g/mol. The van der Waals surface area contributed by atoms with E-state index in [1.165, 1.54) is 23.1 Å². The summed E-state index contributed by atoms with van der Waals surface area (Å²) in [5, 5.41) is 4.10. The highest BCUT2D eigenvalue weighted by molar-refractivity contribution is 5.91. The maximum absolute atomic E-state index is 14.6. The third kappa shape index (κ3) is 4.37. The maximum Gasteiger partial charge on any atom is 0.352 e. The second kappa shape index (κ2) is 9.52. The normalized spacial score (nSPS) is 15.2. The van der Waals surface area contributed by atoms with Gasteiger partial charge in [0.25, 0.3) is 11.5 Å². The molecule has 0 bridgehead atoms. The van der Waals surface area contributed by atoms with E-state index in [9.17, 15) is 18.8 Å². The average molecular weight is 451 g/mol. The Morgan fingerprint density at radius 1 is 1.03 bits per heavy atom. The van der Waals surface area contributed by atoms with Gasteiger partial charge in [-0.05, 0) is 37.5 Å². The van der Waals surface area contributed by atoms with Crippen LogP contribution in [0.1, 0.15) is 61.1 Å². The number of aromatic nitrogens is 3. The van der Waals surface area contributed by atoms with Gasteiger partial charge < -0.3 is 4.90 Å². The predicted molar refractivity (Wildman–Crippen MR) is 123 cm³/mol. The zero-order valence-electron chi connectivity index (χ0n) is 18.8. The highest BCUT2D eigenvalue weighted by atomic mass is 19.1. The zero-order chi connectivity index (χ0) is 23.5. The molecular weight excluding hydrogens is 423 g/mol. The minimum absolute atomic E-state index is 0.00119. The van der Waals surface area contributed by atoms with Gasteiger partial charge >= 0.3 is 5.69 Å². The first-order valence-electron chi connectivity index (χ1n) is 11.2. The lowest BCUT2D eigenvalue weighted by Gasteiger charge is -2.31. The van der Waals surface area contributed by atoms with Crippen molar-refractivity contribution in [3.8, 4) is 5.69 Å². The molecular formula is C25H27FN4O3. The summed E-state index contributed by atoms with van der Waals surface area (Å²) in [4.78, 5) is 41.8. The fourth-order valence-electron chi connectivity index (χ4n) is 4.43. The molecule has 1 amide bonds. The van der Waals surface area contributed by atoms with Gasteiger partial charge in [0.1, 0.15) is 11.5 Å². The largest absolute Gasteiger partial charge is 0.352 e. The molecule has 7 nitrogen and oxygen atoms in total. The molecule has 0 aliphatic heterocycles. The van der Waals surface area contributed by atoms with Crippen molar-refractivity contribution in [3.63, 3.8) is 0 Å². The van der Waals surface area contributed by atoms with E-state index in [1.54, 1.807) is 44.3 Å². The van der Waals surface area contributed by atoms with Gasteiger partial charge in [-0.2, -0.15) is 9.78 Å². The lowest BCUT2D eigenvalue weighted by molar-refractivity contribution is 0.0684. The summed E-state index contributed by atoms with van der Waals surface area (Å²) in [6.45, 7) is 1.70. The molecule has 1 aromatic heterocycles. The standard InChI is InChI=1S/C25H27FN4O3/c1-17(18-11-5-3-6-12-18)29-24(32)22(23(31)28(2)19-13-7-4-8-14-19)27-30(25(29)33)21-16-10-9-15-20(21)26/h3,5-6,9-12,15-17,19H,4,7-8,13-14H2,1-2H3. The highest BCUT2D eigenvalue weighted by Crippen LogP contribution is 2.22. The molecule has 1 heterocycles. The topological polar surface area (TPSA) is 77.2 Å².